The molecule has 2 heteroatoms. The van der Waals surface area contributed by atoms with Gasteiger partial charge in [0.05, 0.1) is 0 Å². The summed E-state index contributed by atoms with van der Waals surface area (Å²) >= 11 is 0. The van der Waals surface area contributed by atoms with E-state index in [4.69, 9.17) is 0 Å². The first kappa shape index (κ1) is 8.47. The molecule has 0 aliphatic rings. The van der Waals surface area contributed by atoms with Crippen molar-refractivity contribution >= 4 is 5.91 Å². The lowest BCUT2D eigenvalue weighted by Gasteiger charge is -2.16. The van der Waals surface area contributed by atoms with Crippen LogP contribution in [0.4, 0.5) is 0 Å². The smallest absolute Gasteiger partial charge is 0.224 e. The van der Waals surface area contributed by atoms with Crippen molar-refractivity contribution < 1.29 is 4.79 Å². The first-order chi connectivity index (χ1) is 4.09. The SMILES string of the molecule is CCN(C)C(=O)C(C)C. The Morgan fingerprint density at radius 3 is 2.11 bits per heavy atom. The third kappa shape index (κ3) is 2.49. The van der Waals surface area contributed by atoms with Crippen molar-refractivity contribution in [1.29, 1.82) is 0 Å². The highest BCUT2D eigenvalue weighted by Crippen LogP contribution is 1.96. The largest absolute Gasteiger partial charge is 0.346 e. The van der Waals surface area contributed by atoms with Gasteiger partial charge in [0.2, 0.25) is 5.91 Å². The normalized spacial score (nSPS) is 9.89. The van der Waals surface area contributed by atoms with Crippen LogP contribution in [0.5, 0.6) is 0 Å². The lowest BCUT2D eigenvalue weighted by atomic mass is 10.2. The lowest BCUT2D eigenvalue weighted by molar-refractivity contribution is -0.132. The van der Waals surface area contributed by atoms with Crippen molar-refractivity contribution in [3.8, 4) is 0 Å². The minimum atomic E-state index is 0.134. The molecule has 0 aliphatic heterocycles. The predicted octanol–water partition coefficient (Wildman–Crippen LogP) is 1.12. The highest BCUT2D eigenvalue weighted by atomic mass is 16.2. The molecule has 0 spiro atoms. The summed E-state index contributed by atoms with van der Waals surface area (Å²) in [5.41, 5.74) is 0. The van der Waals surface area contributed by atoms with Gasteiger partial charge in [-0.25, -0.2) is 0 Å². The second kappa shape index (κ2) is 3.49. The number of rotatable bonds is 2. The highest BCUT2D eigenvalue weighted by molar-refractivity contribution is 5.77. The molecule has 54 valence electrons. The number of hydrogen-bond donors (Lipinski definition) is 0. The van der Waals surface area contributed by atoms with Crippen molar-refractivity contribution in [1.82, 2.24) is 4.90 Å². The molecule has 1 amide bonds. The van der Waals surface area contributed by atoms with E-state index in [1.807, 2.05) is 27.8 Å². The molecule has 0 radical (unpaired) electrons. The van der Waals surface area contributed by atoms with E-state index in [0.29, 0.717) is 0 Å². The fraction of sp³-hybridized carbons (Fsp3) is 0.857. The quantitative estimate of drug-likeness (QED) is 0.547. The fourth-order valence-corrected chi connectivity index (χ4v) is 0.597. The number of nitrogens with zero attached hydrogens (tertiary/aromatic N) is 1. The molecule has 0 N–H and O–H groups in total. The molecule has 0 aromatic rings. The number of carbonyl (C=O) groups is 1. The van der Waals surface area contributed by atoms with E-state index in [2.05, 4.69) is 0 Å². The summed E-state index contributed by atoms with van der Waals surface area (Å²) in [7, 11) is 1.82. The standard InChI is InChI=1S/C7H15NO/c1-5-8(4)7(9)6(2)3/h6H,5H2,1-4H3. The van der Waals surface area contributed by atoms with Crippen LogP contribution in [-0.2, 0) is 4.79 Å². The number of hydrogen-bond acceptors (Lipinski definition) is 1. The highest BCUT2D eigenvalue weighted by Gasteiger charge is 2.09. The second-order valence-corrected chi connectivity index (χ2v) is 2.51. The van der Waals surface area contributed by atoms with Crippen molar-refractivity contribution in [3.05, 3.63) is 0 Å². The zero-order chi connectivity index (χ0) is 7.44. The Hall–Kier alpha value is -0.530. The van der Waals surface area contributed by atoms with Gasteiger partial charge in [0.15, 0.2) is 0 Å². The average Bonchev–Trinajstić information content (AvgIpc) is 1.84. The predicted molar refractivity (Wildman–Crippen MR) is 38.1 cm³/mol. The fourth-order valence-electron chi connectivity index (χ4n) is 0.597. The Morgan fingerprint density at radius 1 is 1.56 bits per heavy atom. The first-order valence-electron chi connectivity index (χ1n) is 3.34. The summed E-state index contributed by atoms with van der Waals surface area (Å²) in [6.45, 7) is 6.60. The third-order valence-corrected chi connectivity index (χ3v) is 1.34. The summed E-state index contributed by atoms with van der Waals surface area (Å²) in [4.78, 5) is 12.7. The molecular formula is C7H15NO. The van der Waals surface area contributed by atoms with Gasteiger partial charge in [-0.2, -0.15) is 0 Å². The van der Waals surface area contributed by atoms with Gasteiger partial charge < -0.3 is 4.90 Å². The van der Waals surface area contributed by atoms with E-state index in [-0.39, 0.29) is 11.8 Å². The Labute approximate surface area is 56.9 Å². The van der Waals surface area contributed by atoms with Crippen molar-refractivity contribution in [2.45, 2.75) is 20.8 Å². The van der Waals surface area contributed by atoms with Gasteiger partial charge in [0.1, 0.15) is 0 Å². The Morgan fingerprint density at radius 2 is 2.00 bits per heavy atom. The van der Waals surface area contributed by atoms with E-state index in [9.17, 15) is 4.79 Å². The molecule has 0 atom stereocenters. The van der Waals surface area contributed by atoms with Crippen LogP contribution in [0.25, 0.3) is 0 Å². The Kier molecular flexibility index (Phi) is 3.28. The van der Waals surface area contributed by atoms with Gasteiger partial charge >= 0.3 is 0 Å². The maximum Gasteiger partial charge on any atom is 0.224 e. The van der Waals surface area contributed by atoms with Crippen molar-refractivity contribution in [2.24, 2.45) is 5.92 Å². The zero-order valence-corrected chi connectivity index (χ0v) is 6.64. The van der Waals surface area contributed by atoms with Crippen LogP contribution in [-0.4, -0.2) is 24.4 Å². The van der Waals surface area contributed by atoms with Gasteiger partial charge in [-0.3, -0.25) is 4.79 Å². The molecule has 2 nitrogen and oxygen atoms in total. The van der Waals surface area contributed by atoms with Gasteiger partial charge in [-0.15, -0.1) is 0 Å². The van der Waals surface area contributed by atoms with Gasteiger partial charge in [0.25, 0.3) is 0 Å². The molecule has 0 saturated carbocycles. The van der Waals surface area contributed by atoms with Crippen LogP contribution >= 0.6 is 0 Å². The number of carbonyl (C=O) groups excluding carboxylic acids is 1. The monoisotopic (exact) mass is 129 g/mol. The summed E-state index contributed by atoms with van der Waals surface area (Å²) < 4.78 is 0. The summed E-state index contributed by atoms with van der Waals surface area (Å²) in [5.74, 6) is 0.354. The molecular weight excluding hydrogens is 114 g/mol. The third-order valence-electron chi connectivity index (χ3n) is 1.34. The summed E-state index contributed by atoms with van der Waals surface area (Å²) in [6, 6.07) is 0. The molecule has 0 saturated heterocycles. The van der Waals surface area contributed by atoms with Crippen LogP contribution < -0.4 is 0 Å². The molecule has 0 rings (SSSR count). The van der Waals surface area contributed by atoms with E-state index in [1.54, 1.807) is 4.90 Å². The molecule has 0 bridgehead atoms. The molecule has 0 aromatic heterocycles. The maximum absolute atomic E-state index is 11.0. The van der Waals surface area contributed by atoms with Crippen LogP contribution in [0.2, 0.25) is 0 Å². The van der Waals surface area contributed by atoms with Crippen molar-refractivity contribution in [2.75, 3.05) is 13.6 Å². The molecule has 9 heavy (non-hydrogen) atoms. The molecule has 0 aliphatic carbocycles. The van der Waals surface area contributed by atoms with E-state index >= 15 is 0 Å². The second-order valence-electron chi connectivity index (χ2n) is 2.51. The first-order valence-corrected chi connectivity index (χ1v) is 3.34. The van der Waals surface area contributed by atoms with Crippen LogP contribution in [0.15, 0.2) is 0 Å². The summed E-state index contributed by atoms with van der Waals surface area (Å²) in [6.07, 6.45) is 0. The van der Waals surface area contributed by atoms with E-state index in [0.717, 1.165) is 6.54 Å². The van der Waals surface area contributed by atoms with Gasteiger partial charge in [-0.05, 0) is 6.92 Å². The zero-order valence-electron chi connectivity index (χ0n) is 6.64. The molecule has 0 fully saturated rings. The topological polar surface area (TPSA) is 20.3 Å². The van der Waals surface area contributed by atoms with Crippen molar-refractivity contribution in [3.63, 3.8) is 0 Å². The van der Waals surface area contributed by atoms with Gasteiger partial charge in [0, 0.05) is 19.5 Å². The van der Waals surface area contributed by atoms with Crippen LogP contribution in [0.3, 0.4) is 0 Å². The van der Waals surface area contributed by atoms with Crippen LogP contribution in [0.1, 0.15) is 20.8 Å². The lowest BCUT2D eigenvalue weighted by Crippen LogP contribution is -2.29. The number of amides is 1. The maximum atomic E-state index is 11.0. The van der Waals surface area contributed by atoms with E-state index < -0.39 is 0 Å². The molecule has 0 heterocycles. The molecule has 0 aromatic carbocycles. The van der Waals surface area contributed by atoms with E-state index in [1.165, 1.54) is 0 Å². The summed E-state index contributed by atoms with van der Waals surface area (Å²) in [5, 5.41) is 0. The van der Waals surface area contributed by atoms with Crippen LogP contribution in [0, 0.1) is 5.92 Å². The molecule has 0 unspecified atom stereocenters. The Balaban J connectivity index is 3.73. The minimum absolute atomic E-state index is 0.134. The average molecular weight is 129 g/mol. The minimum Gasteiger partial charge on any atom is -0.346 e. The Bertz CT molecular complexity index is 99.1. The van der Waals surface area contributed by atoms with Gasteiger partial charge in [-0.1, -0.05) is 13.8 Å².